The monoisotopic (exact) mass is 276 g/mol. The number of benzene rings is 1. The molecular weight excluding hydrogens is 260 g/mol. The molecule has 1 aromatic carbocycles. The van der Waals surface area contributed by atoms with Gasteiger partial charge in [-0.1, -0.05) is 19.1 Å². The van der Waals surface area contributed by atoms with E-state index < -0.39 is 23.7 Å². The fourth-order valence-corrected chi connectivity index (χ4v) is 2.12. The molecule has 1 heterocycles. The topological polar surface area (TPSA) is 86.7 Å². The van der Waals surface area contributed by atoms with E-state index in [4.69, 9.17) is 5.11 Å². The van der Waals surface area contributed by atoms with E-state index in [1.165, 1.54) is 4.90 Å². The minimum absolute atomic E-state index is 0.386. The summed E-state index contributed by atoms with van der Waals surface area (Å²) in [6.07, 6.45) is 0.386. The third-order valence-electron chi connectivity index (χ3n) is 3.25. The molecule has 1 aliphatic rings. The van der Waals surface area contributed by atoms with Crippen molar-refractivity contribution in [2.24, 2.45) is 5.92 Å². The zero-order valence-corrected chi connectivity index (χ0v) is 11.1. The van der Waals surface area contributed by atoms with Crippen LogP contribution in [0.2, 0.25) is 0 Å². The Bertz CT molecular complexity index is 556. The average molecular weight is 276 g/mol. The van der Waals surface area contributed by atoms with E-state index in [0.29, 0.717) is 25.2 Å². The van der Waals surface area contributed by atoms with Crippen molar-refractivity contribution < 1.29 is 19.5 Å². The van der Waals surface area contributed by atoms with Crippen molar-refractivity contribution in [2.45, 2.75) is 13.3 Å². The molecule has 6 heteroatoms. The number of anilines is 1. The van der Waals surface area contributed by atoms with Crippen molar-refractivity contribution in [3.8, 4) is 0 Å². The molecule has 0 aliphatic carbocycles. The number of carboxylic acid groups (broad SMARTS) is 1. The number of nitrogens with one attached hydrogen (secondary N) is 1. The zero-order valence-electron chi connectivity index (χ0n) is 11.1. The van der Waals surface area contributed by atoms with Crippen LogP contribution in [0.4, 0.5) is 5.69 Å². The molecule has 2 N–H and O–H groups in total. The molecule has 1 aliphatic heterocycles. The maximum absolute atomic E-state index is 11.8. The number of hydrogen-bond acceptors (Lipinski definition) is 3. The maximum atomic E-state index is 11.8. The predicted octanol–water partition coefficient (Wildman–Crippen LogP) is 0.413. The largest absolute Gasteiger partial charge is 0.481 e. The molecule has 0 bridgehead atoms. The van der Waals surface area contributed by atoms with Crippen LogP contribution in [0.3, 0.4) is 0 Å². The summed E-state index contributed by atoms with van der Waals surface area (Å²) in [5, 5.41) is 11.4. The van der Waals surface area contributed by atoms with Crippen molar-refractivity contribution in [1.29, 1.82) is 0 Å². The summed E-state index contributed by atoms with van der Waals surface area (Å²) >= 11 is 0. The summed E-state index contributed by atoms with van der Waals surface area (Å²) in [6.45, 7) is 2.47. The number of nitrogens with zero attached hydrogens (tertiary/aromatic N) is 1. The molecule has 20 heavy (non-hydrogen) atoms. The zero-order chi connectivity index (χ0) is 14.7. The highest BCUT2D eigenvalue weighted by Gasteiger charge is 2.27. The van der Waals surface area contributed by atoms with Gasteiger partial charge in [0.1, 0.15) is 0 Å². The number of carbonyl (C=O) groups excluding carboxylic acids is 2. The number of piperazine rings is 1. The SMILES string of the molecule is CC(Cc1cccc(N2CCNC(=O)C2=O)c1)C(=O)O. The highest BCUT2D eigenvalue weighted by molar-refractivity contribution is 6.41. The first-order valence-corrected chi connectivity index (χ1v) is 6.40. The summed E-state index contributed by atoms with van der Waals surface area (Å²) in [5.41, 5.74) is 1.45. The number of hydrogen-bond donors (Lipinski definition) is 2. The third-order valence-corrected chi connectivity index (χ3v) is 3.25. The van der Waals surface area contributed by atoms with Crippen LogP contribution in [0, 0.1) is 5.92 Å². The molecule has 0 spiro atoms. The summed E-state index contributed by atoms with van der Waals surface area (Å²) in [4.78, 5) is 35.4. The van der Waals surface area contributed by atoms with E-state index in [2.05, 4.69) is 5.32 Å². The van der Waals surface area contributed by atoms with Gasteiger partial charge in [0.05, 0.1) is 5.92 Å². The summed E-state index contributed by atoms with van der Waals surface area (Å²) in [5.74, 6) is -2.55. The first-order valence-electron chi connectivity index (χ1n) is 6.40. The second kappa shape index (κ2) is 5.73. The fourth-order valence-electron chi connectivity index (χ4n) is 2.12. The molecule has 1 aromatic rings. The van der Waals surface area contributed by atoms with Crippen molar-refractivity contribution in [1.82, 2.24) is 5.32 Å². The highest BCUT2D eigenvalue weighted by atomic mass is 16.4. The van der Waals surface area contributed by atoms with Crippen LogP contribution in [0.15, 0.2) is 24.3 Å². The van der Waals surface area contributed by atoms with E-state index in [1.54, 1.807) is 25.1 Å². The van der Waals surface area contributed by atoms with Gasteiger partial charge in [0.2, 0.25) is 0 Å². The van der Waals surface area contributed by atoms with Crippen LogP contribution >= 0.6 is 0 Å². The number of amides is 2. The van der Waals surface area contributed by atoms with Crippen molar-refractivity contribution in [3.05, 3.63) is 29.8 Å². The van der Waals surface area contributed by atoms with Crippen LogP contribution in [-0.2, 0) is 20.8 Å². The molecule has 0 aromatic heterocycles. The molecule has 1 saturated heterocycles. The van der Waals surface area contributed by atoms with E-state index >= 15 is 0 Å². The van der Waals surface area contributed by atoms with Gasteiger partial charge in [-0.3, -0.25) is 14.4 Å². The predicted molar refractivity (Wildman–Crippen MR) is 72.3 cm³/mol. The lowest BCUT2D eigenvalue weighted by Crippen LogP contribution is -2.52. The van der Waals surface area contributed by atoms with Gasteiger partial charge in [-0.2, -0.15) is 0 Å². The second-order valence-electron chi connectivity index (χ2n) is 4.83. The van der Waals surface area contributed by atoms with E-state index in [9.17, 15) is 14.4 Å². The normalized spacial score (nSPS) is 16.8. The van der Waals surface area contributed by atoms with Crippen molar-refractivity contribution >= 4 is 23.5 Å². The molecule has 0 saturated carbocycles. The van der Waals surface area contributed by atoms with Crippen LogP contribution in [0.5, 0.6) is 0 Å². The molecule has 2 rings (SSSR count). The molecular formula is C14H16N2O4. The molecule has 0 radical (unpaired) electrons. The minimum Gasteiger partial charge on any atom is -0.481 e. The Labute approximate surface area is 116 Å². The number of rotatable bonds is 4. The first-order chi connectivity index (χ1) is 9.49. The molecule has 2 amide bonds. The van der Waals surface area contributed by atoms with E-state index in [1.807, 2.05) is 6.07 Å². The lowest BCUT2D eigenvalue weighted by Gasteiger charge is -2.26. The van der Waals surface area contributed by atoms with Crippen LogP contribution in [-0.4, -0.2) is 36.0 Å². The standard InChI is InChI=1S/C14H16N2O4/c1-9(14(19)20)7-10-3-2-4-11(8-10)16-6-5-15-12(17)13(16)18/h2-4,8-9H,5-7H2,1H3,(H,15,17)(H,19,20). The van der Waals surface area contributed by atoms with E-state index in [0.717, 1.165) is 5.56 Å². The van der Waals surface area contributed by atoms with Gasteiger partial charge < -0.3 is 15.3 Å². The molecule has 1 fully saturated rings. The molecule has 1 unspecified atom stereocenters. The van der Waals surface area contributed by atoms with Gasteiger partial charge in [-0.05, 0) is 24.1 Å². The van der Waals surface area contributed by atoms with Crippen molar-refractivity contribution in [3.63, 3.8) is 0 Å². The summed E-state index contributed by atoms with van der Waals surface area (Å²) in [6, 6.07) is 7.08. The van der Waals surface area contributed by atoms with Gasteiger partial charge >= 0.3 is 17.8 Å². The fraction of sp³-hybridized carbons (Fsp3) is 0.357. The molecule has 6 nitrogen and oxygen atoms in total. The van der Waals surface area contributed by atoms with Gasteiger partial charge in [0, 0.05) is 18.8 Å². The Kier molecular flexibility index (Phi) is 4.02. The van der Waals surface area contributed by atoms with Crippen LogP contribution < -0.4 is 10.2 Å². The minimum atomic E-state index is -0.858. The number of carbonyl (C=O) groups is 3. The highest BCUT2D eigenvalue weighted by Crippen LogP contribution is 2.19. The Morgan fingerprint density at radius 1 is 1.45 bits per heavy atom. The Hall–Kier alpha value is -2.37. The van der Waals surface area contributed by atoms with Gasteiger partial charge in [0.15, 0.2) is 0 Å². The van der Waals surface area contributed by atoms with Crippen LogP contribution in [0.1, 0.15) is 12.5 Å². The van der Waals surface area contributed by atoms with Gasteiger partial charge in [-0.25, -0.2) is 0 Å². The van der Waals surface area contributed by atoms with E-state index in [-0.39, 0.29) is 0 Å². The number of carboxylic acids is 1. The van der Waals surface area contributed by atoms with Gasteiger partial charge in [-0.15, -0.1) is 0 Å². The molecule has 106 valence electrons. The summed E-state index contributed by atoms with van der Waals surface area (Å²) in [7, 11) is 0. The van der Waals surface area contributed by atoms with Gasteiger partial charge in [0.25, 0.3) is 0 Å². The number of aliphatic carboxylic acids is 1. The molecule has 1 atom stereocenters. The average Bonchev–Trinajstić information content (AvgIpc) is 2.42. The quantitative estimate of drug-likeness (QED) is 0.780. The Balaban J connectivity index is 2.19. The Morgan fingerprint density at radius 2 is 2.20 bits per heavy atom. The smallest absolute Gasteiger partial charge is 0.316 e. The second-order valence-corrected chi connectivity index (χ2v) is 4.83. The Morgan fingerprint density at radius 3 is 2.90 bits per heavy atom. The summed E-state index contributed by atoms with van der Waals surface area (Å²) < 4.78 is 0. The lowest BCUT2D eigenvalue weighted by atomic mass is 10.0. The van der Waals surface area contributed by atoms with Crippen LogP contribution in [0.25, 0.3) is 0 Å². The third kappa shape index (κ3) is 2.96. The first kappa shape index (κ1) is 14.0. The van der Waals surface area contributed by atoms with Crippen molar-refractivity contribution in [2.75, 3.05) is 18.0 Å². The lowest BCUT2D eigenvalue weighted by molar-refractivity contribution is -0.141. The maximum Gasteiger partial charge on any atom is 0.316 e.